The van der Waals surface area contributed by atoms with Crippen molar-refractivity contribution in [3.05, 3.63) is 19.9 Å². The van der Waals surface area contributed by atoms with E-state index < -0.39 is 0 Å². The van der Waals surface area contributed by atoms with Crippen molar-refractivity contribution in [3.8, 4) is 0 Å². The van der Waals surface area contributed by atoms with Crippen molar-refractivity contribution in [3.63, 3.8) is 0 Å². The molecule has 1 aromatic rings. The third-order valence-corrected chi connectivity index (χ3v) is 2.92. The first-order chi connectivity index (χ1) is 5.24. The van der Waals surface area contributed by atoms with Crippen LogP contribution in [0.25, 0.3) is 0 Å². The Hall–Kier alpha value is -0.100. The molecule has 0 aliphatic carbocycles. The molecule has 0 amide bonds. The van der Waals surface area contributed by atoms with Crippen molar-refractivity contribution in [2.75, 3.05) is 6.61 Å². The van der Waals surface area contributed by atoms with Crippen LogP contribution in [-0.4, -0.2) is 12.6 Å². The summed E-state index contributed by atoms with van der Waals surface area (Å²) in [6.07, 6.45) is 0. The van der Waals surface area contributed by atoms with Gasteiger partial charge in [-0.25, -0.2) is 4.79 Å². The molecule has 0 bridgehead atoms. The summed E-state index contributed by atoms with van der Waals surface area (Å²) in [7, 11) is 0. The van der Waals surface area contributed by atoms with Gasteiger partial charge in [0.1, 0.15) is 4.88 Å². The summed E-state index contributed by atoms with van der Waals surface area (Å²) in [5.41, 5.74) is 0. The fraction of sp³-hybridized carbons (Fsp3) is 0.286. The number of carbonyl (C=O) groups is 1. The van der Waals surface area contributed by atoms with Crippen LogP contribution in [0.15, 0.2) is 12.1 Å². The monoisotopic (exact) mass is 282 g/mol. The molecule has 1 aromatic heterocycles. The summed E-state index contributed by atoms with van der Waals surface area (Å²) in [5, 5.41) is 0. The molecule has 11 heavy (non-hydrogen) atoms. The van der Waals surface area contributed by atoms with Crippen LogP contribution >= 0.6 is 33.9 Å². The molecular formula is C7H7IO2S. The quantitative estimate of drug-likeness (QED) is 0.615. The standard InChI is InChI=1S/C7H7IO2S/c1-2-10-7(9)5-3-4-6(8)11-5/h3-4H,2H2,1H3. The second-order valence-electron chi connectivity index (χ2n) is 1.82. The van der Waals surface area contributed by atoms with Gasteiger partial charge in [0.2, 0.25) is 0 Å². The van der Waals surface area contributed by atoms with E-state index in [9.17, 15) is 4.79 Å². The lowest BCUT2D eigenvalue weighted by Gasteiger charge is -1.95. The summed E-state index contributed by atoms with van der Waals surface area (Å²) < 4.78 is 5.91. The number of hydrogen-bond donors (Lipinski definition) is 0. The van der Waals surface area contributed by atoms with Gasteiger partial charge in [-0.15, -0.1) is 11.3 Å². The van der Waals surface area contributed by atoms with Crippen LogP contribution < -0.4 is 0 Å². The zero-order chi connectivity index (χ0) is 8.27. The Kier molecular flexibility index (Phi) is 3.32. The summed E-state index contributed by atoms with van der Waals surface area (Å²) >= 11 is 3.62. The molecule has 4 heteroatoms. The lowest BCUT2D eigenvalue weighted by atomic mass is 10.5. The average Bonchev–Trinajstić information content (AvgIpc) is 2.36. The van der Waals surface area contributed by atoms with Crippen molar-refractivity contribution in [1.82, 2.24) is 0 Å². The molecule has 0 aliphatic heterocycles. The van der Waals surface area contributed by atoms with Crippen LogP contribution in [0.1, 0.15) is 16.6 Å². The first-order valence-corrected chi connectivity index (χ1v) is 5.06. The minimum atomic E-state index is -0.222. The molecule has 0 saturated heterocycles. The number of thiophene rings is 1. The molecule has 0 spiro atoms. The lowest BCUT2D eigenvalue weighted by molar-refractivity contribution is 0.0532. The van der Waals surface area contributed by atoms with Crippen molar-refractivity contribution in [2.45, 2.75) is 6.92 Å². The zero-order valence-electron chi connectivity index (χ0n) is 5.96. The maximum absolute atomic E-state index is 11.0. The van der Waals surface area contributed by atoms with Gasteiger partial charge in [0.25, 0.3) is 0 Å². The molecule has 1 rings (SSSR count). The van der Waals surface area contributed by atoms with Gasteiger partial charge in [0.15, 0.2) is 0 Å². The smallest absolute Gasteiger partial charge is 0.348 e. The van der Waals surface area contributed by atoms with E-state index in [4.69, 9.17) is 4.74 Å². The molecule has 60 valence electrons. The molecule has 0 radical (unpaired) electrons. The van der Waals surface area contributed by atoms with E-state index in [1.54, 1.807) is 13.0 Å². The van der Waals surface area contributed by atoms with Gasteiger partial charge in [-0.1, -0.05) is 0 Å². The Labute approximate surface area is 82.7 Å². The highest BCUT2D eigenvalue weighted by Crippen LogP contribution is 2.18. The van der Waals surface area contributed by atoms with Crippen molar-refractivity contribution < 1.29 is 9.53 Å². The molecule has 0 atom stereocenters. The number of halogens is 1. The van der Waals surface area contributed by atoms with E-state index in [0.717, 1.165) is 2.88 Å². The minimum Gasteiger partial charge on any atom is -0.462 e. The molecular weight excluding hydrogens is 275 g/mol. The minimum absolute atomic E-state index is 0.222. The number of carbonyl (C=O) groups excluding carboxylic acids is 1. The van der Waals surface area contributed by atoms with Gasteiger partial charge in [0, 0.05) is 0 Å². The van der Waals surface area contributed by atoms with Crippen LogP contribution in [0, 0.1) is 2.88 Å². The third kappa shape index (κ3) is 2.44. The largest absolute Gasteiger partial charge is 0.462 e. The number of hydrogen-bond acceptors (Lipinski definition) is 3. The maximum atomic E-state index is 11.0. The van der Waals surface area contributed by atoms with Gasteiger partial charge in [-0.3, -0.25) is 0 Å². The van der Waals surface area contributed by atoms with E-state index in [0.29, 0.717) is 11.5 Å². The van der Waals surface area contributed by atoms with E-state index >= 15 is 0 Å². The molecule has 2 nitrogen and oxygen atoms in total. The summed E-state index contributed by atoms with van der Waals surface area (Å²) in [4.78, 5) is 11.7. The zero-order valence-corrected chi connectivity index (χ0v) is 8.94. The fourth-order valence-corrected chi connectivity index (χ4v) is 2.14. The lowest BCUT2D eigenvalue weighted by Crippen LogP contribution is -2.01. The van der Waals surface area contributed by atoms with Crippen molar-refractivity contribution in [1.29, 1.82) is 0 Å². The van der Waals surface area contributed by atoms with Gasteiger partial charge in [-0.2, -0.15) is 0 Å². The first-order valence-electron chi connectivity index (χ1n) is 3.16. The van der Waals surface area contributed by atoms with Crippen molar-refractivity contribution in [2.24, 2.45) is 0 Å². The van der Waals surface area contributed by atoms with E-state index in [2.05, 4.69) is 22.6 Å². The van der Waals surface area contributed by atoms with E-state index in [1.807, 2.05) is 6.07 Å². The van der Waals surface area contributed by atoms with Crippen molar-refractivity contribution >= 4 is 39.9 Å². The first kappa shape index (κ1) is 8.99. The molecule has 0 fully saturated rings. The number of esters is 1. The van der Waals surface area contributed by atoms with Gasteiger partial charge in [-0.05, 0) is 41.6 Å². The SMILES string of the molecule is CCOC(=O)c1ccc(I)s1. The molecule has 0 N–H and O–H groups in total. The molecule has 0 saturated carbocycles. The van der Waals surface area contributed by atoms with E-state index in [-0.39, 0.29) is 5.97 Å². The second-order valence-corrected chi connectivity index (χ2v) is 4.80. The van der Waals surface area contributed by atoms with Crippen LogP contribution in [0.3, 0.4) is 0 Å². The number of rotatable bonds is 2. The molecule has 1 heterocycles. The fourth-order valence-electron chi connectivity index (χ4n) is 0.626. The maximum Gasteiger partial charge on any atom is 0.348 e. The normalized spacial score (nSPS) is 9.64. The highest BCUT2D eigenvalue weighted by Gasteiger charge is 2.07. The van der Waals surface area contributed by atoms with Gasteiger partial charge in [0.05, 0.1) is 9.49 Å². The Balaban J connectivity index is 2.69. The molecule has 0 aromatic carbocycles. The van der Waals surface area contributed by atoms with Gasteiger partial charge < -0.3 is 4.74 Å². The van der Waals surface area contributed by atoms with Crippen LogP contribution in [0.2, 0.25) is 0 Å². The Morgan fingerprint density at radius 3 is 2.91 bits per heavy atom. The topological polar surface area (TPSA) is 26.3 Å². The van der Waals surface area contributed by atoms with Crippen LogP contribution in [0.5, 0.6) is 0 Å². The highest BCUT2D eigenvalue weighted by atomic mass is 127. The number of ether oxygens (including phenoxy) is 1. The van der Waals surface area contributed by atoms with Crippen LogP contribution in [-0.2, 0) is 4.74 Å². The Morgan fingerprint density at radius 1 is 1.73 bits per heavy atom. The summed E-state index contributed by atoms with van der Waals surface area (Å²) in [6.45, 7) is 2.24. The second kappa shape index (κ2) is 4.06. The highest BCUT2D eigenvalue weighted by molar-refractivity contribution is 14.1. The average molecular weight is 282 g/mol. The predicted octanol–water partition coefficient (Wildman–Crippen LogP) is 2.53. The Morgan fingerprint density at radius 2 is 2.45 bits per heavy atom. The summed E-state index contributed by atoms with van der Waals surface area (Å²) in [6, 6.07) is 3.68. The third-order valence-electron chi connectivity index (χ3n) is 1.05. The Bertz CT molecular complexity index is 257. The van der Waals surface area contributed by atoms with Gasteiger partial charge >= 0.3 is 5.97 Å². The van der Waals surface area contributed by atoms with Crippen LogP contribution in [0.4, 0.5) is 0 Å². The molecule has 0 aliphatic rings. The molecule has 0 unspecified atom stereocenters. The predicted molar refractivity (Wildman–Crippen MR) is 53.0 cm³/mol. The van der Waals surface area contributed by atoms with E-state index in [1.165, 1.54) is 11.3 Å². The summed E-state index contributed by atoms with van der Waals surface area (Å²) in [5.74, 6) is -0.222.